The van der Waals surface area contributed by atoms with Gasteiger partial charge in [-0.05, 0) is 45.0 Å². The largest absolute Gasteiger partial charge is 0.492 e. The summed E-state index contributed by atoms with van der Waals surface area (Å²) in [6.45, 7) is 7.79. The van der Waals surface area contributed by atoms with Crippen LogP contribution in [0.3, 0.4) is 0 Å². The molecule has 0 aliphatic carbocycles. The highest BCUT2D eigenvalue weighted by molar-refractivity contribution is 5.89. The van der Waals surface area contributed by atoms with Crippen molar-refractivity contribution in [1.29, 1.82) is 0 Å². The Labute approximate surface area is 148 Å². The van der Waals surface area contributed by atoms with Crippen LogP contribution in [0, 0.1) is 0 Å². The summed E-state index contributed by atoms with van der Waals surface area (Å²) in [4.78, 5) is 25.3. The van der Waals surface area contributed by atoms with E-state index in [-0.39, 0.29) is 18.1 Å². The molecule has 1 aromatic rings. The Bertz CT molecular complexity index is 594. The van der Waals surface area contributed by atoms with Gasteiger partial charge in [0.2, 0.25) is 0 Å². The van der Waals surface area contributed by atoms with Crippen molar-refractivity contribution in [3.63, 3.8) is 0 Å². The van der Waals surface area contributed by atoms with Crippen LogP contribution < -0.4 is 10.1 Å². The van der Waals surface area contributed by atoms with E-state index >= 15 is 0 Å². The molecule has 1 aliphatic rings. The first kappa shape index (κ1) is 19.1. The van der Waals surface area contributed by atoms with Crippen molar-refractivity contribution in [3.05, 3.63) is 29.8 Å². The SMILES string of the molecule is COC(=O)c1ccc(OCC2CN(C(=O)OC(C)(C)C)CCN2)cc1. The van der Waals surface area contributed by atoms with Crippen LogP contribution in [0.25, 0.3) is 0 Å². The van der Waals surface area contributed by atoms with Gasteiger partial charge in [0.05, 0.1) is 18.7 Å². The molecule has 1 aliphatic heterocycles. The number of nitrogens with zero attached hydrogens (tertiary/aromatic N) is 1. The minimum Gasteiger partial charge on any atom is -0.492 e. The van der Waals surface area contributed by atoms with Gasteiger partial charge in [0.1, 0.15) is 18.0 Å². The van der Waals surface area contributed by atoms with Gasteiger partial charge >= 0.3 is 12.1 Å². The lowest BCUT2D eigenvalue weighted by atomic mass is 10.2. The quantitative estimate of drug-likeness (QED) is 0.838. The minimum absolute atomic E-state index is 0.0153. The third kappa shape index (κ3) is 5.94. The third-order valence-electron chi connectivity index (χ3n) is 3.63. The molecule has 1 atom stereocenters. The Morgan fingerprint density at radius 3 is 2.52 bits per heavy atom. The fourth-order valence-electron chi connectivity index (χ4n) is 2.43. The van der Waals surface area contributed by atoms with Crippen molar-refractivity contribution in [2.24, 2.45) is 0 Å². The first-order valence-electron chi connectivity index (χ1n) is 8.31. The van der Waals surface area contributed by atoms with Crippen LogP contribution in [-0.4, -0.2) is 62.0 Å². The second-order valence-corrected chi connectivity index (χ2v) is 6.90. The lowest BCUT2D eigenvalue weighted by molar-refractivity contribution is 0.0178. The topological polar surface area (TPSA) is 77.1 Å². The number of methoxy groups -OCH3 is 1. The van der Waals surface area contributed by atoms with Crippen LogP contribution in [0.4, 0.5) is 4.79 Å². The number of piperazine rings is 1. The number of carbonyl (C=O) groups excluding carboxylic acids is 2. The molecule has 0 radical (unpaired) electrons. The molecule has 1 fully saturated rings. The molecule has 0 aromatic heterocycles. The Morgan fingerprint density at radius 2 is 1.92 bits per heavy atom. The first-order chi connectivity index (χ1) is 11.8. The van der Waals surface area contributed by atoms with Crippen molar-refractivity contribution in [1.82, 2.24) is 10.2 Å². The van der Waals surface area contributed by atoms with Crippen LogP contribution >= 0.6 is 0 Å². The maximum Gasteiger partial charge on any atom is 0.410 e. The van der Waals surface area contributed by atoms with Crippen LogP contribution in [-0.2, 0) is 9.47 Å². The van der Waals surface area contributed by atoms with Gasteiger partial charge < -0.3 is 24.4 Å². The van der Waals surface area contributed by atoms with Crippen molar-refractivity contribution in [2.45, 2.75) is 32.4 Å². The number of hydrogen-bond donors (Lipinski definition) is 1. The molecule has 0 bridgehead atoms. The molecule has 7 nitrogen and oxygen atoms in total. The Morgan fingerprint density at radius 1 is 1.24 bits per heavy atom. The summed E-state index contributed by atoms with van der Waals surface area (Å²) in [5, 5.41) is 3.33. The second-order valence-electron chi connectivity index (χ2n) is 6.90. The minimum atomic E-state index is -0.505. The second kappa shape index (κ2) is 8.20. The fourth-order valence-corrected chi connectivity index (χ4v) is 2.43. The predicted octanol–water partition coefficient (Wildman–Crippen LogP) is 2.06. The van der Waals surface area contributed by atoms with Crippen LogP contribution in [0.15, 0.2) is 24.3 Å². The van der Waals surface area contributed by atoms with E-state index in [1.807, 2.05) is 20.8 Å². The van der Waals surface area contributed by atoms with Gasteiger partial charge in [0, 0.05) is 19.6 Å². The molecule has 0 saturated carbocycles. The zero-order valence-corrected chi connectivity index (χ0v) is 15.2. The van der Waals surface area contributed by atoms with E-state index in [1.165, 1.54) is 7.11 Å². The Balaban J connectivity index is 1.84. The summed E-state index contributed by atoms with van der Waals surface area (Å²) in [6.07, 6.45) is -0.304. The lowest BCUT2D eigenvalue weighted by Crippen LogP contribution is -2.55. The number of carbonyl (C=O) groups is 2. The smallest absolute Gasteiger partial charge is 0.410 e. The zero-order chi connectivity index (χ0) is 18.4. The highest BCUT2D eigenvalue weighted by Gasteiger charge is 2.27. The molecular weight excluding hydrogens is 324 g/mol. The number of amides is 1. The molecule has 1 amide bonds. The van der Waals surface area contributed by atoms with Gasteiger partial charge in [0.25, 0.3) is 0 Å². The highest BCUT2D eigenvalue weighted by Crippen LogP contribution is 2.15. The monoisotopic (exact) mass is 350 g/mol. The highest BCUT2D eigenvalue weighted by atomic mass is 16.6. The standard InChI is InChI=1S/C18H26N2O5/c1-18(2,3)25-17(22)20-10-9-19-14(11-20)12-24-15-7-5-13(6-8-15)16(21)23-4/h5-8,14,19H,9-12H2,1-4H3. The maximum atomic E-state index is 12.2. The van der Waals surface area contributed by atoms with E-state index in [4.69, 9.17) is 9.47 Å². The number of ether oxygens (including phenoxy) is 3. The van der Waals surface area contributed by atoms with Gasteiger partial charge in [-0.3, -0.25) is 0 Å². The van der Waals surface area contributed by atoms with Gasteiger partial charge in [-0.25, -0.2) is 9.59 Å². The molecule has 25 heavy (non-hydrogen) atoms. The van der Waals surface area contributed by atoms with Gasteiger partial charge in [-0.1, -0.05) is 0 Å². The van der Waals surface area contributed by atoms with E-state index < -0.39 is 5.60 Å². The third-order valence-corrected chi connectivity index (χ3v) is 3.63. The molecule has 138 valence electrons. The number of nitrogens with one attached hydrogen (secondary N) is 1. The van der Waals surface area contributed by atoms with E-state index in [0.717, 1.165) is 0 Å². The van der Waals surface area contributed by atoms with E-state index in [9.17, 15) is 9.59 Å². The predicted molar refractivity (Wildman–Crippen MR) is 92.9 cm³/mol. The summed E-state index contributed by atoms with van der Waals surface area (Å²) in [5.74, 6) is 0.275. The molecule has 1 unspecified atom stereocenters. The number of hydrogen-bond acceptors (Lipinski definition) is 6. The maximum absolute atomic E-state index is 12.2. The Kier molecular flexibility index (Phi) is 6.25. The number of benzene rings is 1. The molecule has 7 heteroatoms. The van der Waals surface area contributed by atoms with Crippen molar-refractivity contribution >= 4 is 12.1 Å². The number of rotatable bonds is 4. The summed E-state index contributed by atoms with van der Waals surface area (Å²) < 4.78 is 15.8. The average molecular weight is 350 g/mol. The average Bonchev–Trinajstić information content (AvgIpc) is 2.58. The summed E-state index contributed by atoms with van der Waals surface area (Å²) >= 11 is 0. The number of esters is 1. The summed E-state index contributed by atoms with van der Waals surface area (Å²) in [5.41, 5.74) is -0.0308. The van der Waals surface area contributed by atoms with E-state index in [1.54, 1.807) is 29.2 Å². The van der Waals surface area contributed by atoms with Gasteiger partial charge in [-0.15, -0.1) is 0 Å². The molecule has 2 rings (SSSR count). The van der Waals surface area contributed by atoms with Crippen molar-refractivity contribution in [2.75, 3.05) is 33.4 Å². The van der Waals surface area contributed by atoms with Crippen LogP contribution in [0.5, 0.6) is 5.75 Å². The summed E-state index contributed by atoms with van der Waals surface area (Å²) in [7, 11) is 1.35. The molecular formula is C18H26N2O5. The Hall–Kier alpha value is -2.28. The molecule has 1 saturated heterocycles. The van der Waals surface area contributed by atoms with Crippen molar-refractivity contribution in [3.8, 4) is 5.75 Å². The van der Waals surface area contributed by atoms with Crippen LogP contribution in [0.1, 0.15) is 31.1 Å². The molecule has 0 spiro atoms. The van der Waals surface area contributed by atoms with Crippen molar-refractivity contribution < 1.29 is 23.8 Å². The molecule has 1 heterocycles. The molecule has 1 N–H and O–H groups in total. The summed E-state index contributed by atoms with van der Waals surface area (Å²) in [6, 6.07) is 6.77. The zero-order valence-electron chi connectivity index (χ0n) is 15.2. The molecule has 1 aromatic carbocycles. The first-order valence-corrected chi connectivity index (χ1v) is 8.31. The van der Waals surface area contributed by atoms with E-state index in [0.29, 0.717) is 37.6 Å². The van der Waals surface area contributed by atoms with Crippen LogP contribution in [0.2, 0.25) is 0 Å². The lowest BCUT2D eigenvalue weighted by Gasteiger charge is -2.34. The van der Waals surface area contributed by atoms with Gasteiger partial charge in [-0.2, -0.15) is 0 Å². The van der Waals surface area contributed by atoms with Gasteiger partial charge in [0.15, 0.2) is 0 Å². The van der Waals surface area contributed by atoms with E-state index in [2.05, 4.69) is 10.1 Å². The fraction of sp³-hybridized carbons (Fsp3) is 0.556. The normalized spacial score (nSPS) is 17.8.